The maximum absolute atomic E-state index is 12.0. The smallest absolute Gasteiger partial charge is 0.336 e. The second-order valence-corrected chi connectivity index (χ2v) is 6.61. The molecule has 0 amide bonds. The van der Waals surface area contributed by atoms with Gasteiger partial charge in [-0.1, -0.05) is 65.8 Å². The minimum absolute atomic E-state index is 0.283. The average Bonchev–Trinajstić information content (AvgIpc) is 2.77. The van der Waals surface area contributed by atoms with Crippen molar-refractivity contribution in [3.8, 4) is 11.5 Å². The molecule has 1 heterocycles. The molecule has 6 nitrogen and oxygen atoms in total. The molecule has 0 aliphatic carbocycles. The Morgan fingerprint density at radius 2 is 1.50 bits per heavy atom. The summed E-state index contributed by atoms with van der Waals surface area (Å²) in [6.45, 7) is 0.666. The van der Waals surface area contributed by atoms with Crippen LogP contribution in [-0.2, 0) is 13.2 Å². The van der Waals surface area contributed by atoms with Crippen LogP contribution in [0.1, 0.15) is 16.7 Å². The van der Waals surface area contributed by atoms with Crippen molar-refractivity contribution in [2.45, 2.75) is 13.2 Å². The predicted octanol–water partition coefficient (Wildman–Crippen LogP) is 4.76. The molecule has 0 saturated carbocycles. The Morgan fingerprint density at radius 1 is 0.867 bits per heavy atom. The molecule has 0 aliphatic rings. The van der Waals surface area contributed by atoms with Crippen molar-refractivity contribution in [2.24, 2.45) is 5.16 Å². The first kappa shape index (κ1) is 19.3. The van der Waals surface area contributed by atoms with E-state index in [1.54, 1.807) is 12.1 Å². The second-order valence-electron chi connectivity index (χ2n) is 6.61. The molecule has 6 heteroatoms. The molecule has 0 atom stereocenters. The van der Waals surface area contributed by atoms with Gasteiger partial charge in [0, 0.05) is 23.8 Å². The predicted molar refractivity (Wildman–Crippen MR) is 113 cm³/mol. The van der Waals surface area contributed by atoms with E-state index in [0.717, 1.165) is 11.1 Å². The summed E-state index contributed by atoms with van der Waals surface area (Å²) >= 11 is 0. The Bertz CT molecular complexity index is 1220. The van der Waals surface area contributed by atoms with Gasteiger partial charge in [0.1, 0.15) is 30.3 Å². The quantitative estimate of drug-likeness (QED) is 0.209. The molecule has 30 heavy (non-hydrogen) atoms. The number of nitrogens with zero attached hydrogens (tertiary/aromatic N) is 1. The zero-order valence-corrected chi connectivity index (χ0v) is 16.0. The maximum atomic E-state index is 12.0. The van der Waals surface area contributed by atoms with Crippen LogP contribution < -0.4 is 15.1 Å². The molecule has 0 saturated heterocycles. The first-order chi connectivity index (χ1) is 14.7. The molecule has 1 N–H and O–H groups in total. The van der Waals surface area contributed by atoms with E-state index in [-0.39, 0.29) is 5.58 Å². The third-order valence-electron chi connectivity index (χ3n) is 4.49. The summed E-state index contributed by atoms with van der Waals surface area (Å²) in [4.78, 5) is 12.0. The zero-order valence-electron chi connectivity index (χ0n) is 16.0. The summed E-state index contributed by atoms with van der Waals surface area (Å²) in [6, 6.07) is 24.1. The zero-order chi connectivity index (χ0) is 20.8. The van der Waals surface area contributed by atoms with Gasteiger partial charge in [0.15, 0.2) is 0 Å². The molecule has 0 unspecified atom stereocenters. The molecule has 4 rings (SSSR count). The standard InChI is InChI=1S/C24H19NO5/c26-23-11-19(14-25-27)24-21(29-16-18-9-5-2-6-10-18)12-20(13-22(24)30-23)28-15-17-7-3-1-4-8-17/h1-14,27H,15-16H2/b25-14-. The lowest BCUT2D eigenvalue weighted by Gasteiger charge is -2.14. The van der Waals surface area contributed by atoms with Crippen LogP contribution in [0, 0.1) is 0 Å². The molecule has 150 valence electrons. The molecule has 0 radical (unpaired) electrons. The van der Waals surface area contributed by atoms with Crippen molar-refractivity contribution in [2.75, 3.05) is 0 Å². The van der Waals surface area contributed by atoms with Gasteiger partial charge in [0.25, 0.3) is 0 Å². The summed E-state index contributed by atoms with van der Waals surface area (Å²) in [5.74, 6) is 0.953. The van der Waals surface area contributed by atoms with Gasteiger partial charge < -0.3 is 19.1 Å². The van der Waals surface area contributed by atoms with Gasteiger partial charge in [0.05, 0.1) is 11.6 Å². The molecule has 3 aromatic carbocycles. The summed E-state index contributed by atoms with van der Waals surface area (Å²) in [7, 11) is 0. The van der Waals surface area contributed by atoms with Crippen LogP contribution in [0.2, 0.25) is 0 Å². The molecule has 0 aliphatic heterocycles. The van der Waals surface area contributed by atoms with Crippen LogP contribution in [0.3, 0.4) is 0 Å². The minimum atomic E-state index is -0.563. The Kier molecular flexibility index (Phi) is 5.75. The Labute approximate surface area is 172 Å². The van der Waals surface area contributed by atoms with E-state index in [1.807, 2.05) is 60.7 Å². The number of ether oxygens (including phenoxy) is 2. The largest absolute Gasteiger partial charge is 0.489 e. The summed E-state index contributed by atoms with van der Waals surface area (Å²) in [5, 5.41) is 12.6. The molecule has 0 bridgehead atoms. The van der Waals surface area contributed by atoms with E-state index in [4.69, 9.17) is 19.1 Å². The van der Waals surface area contributed by atoms with E-state index in [2.05, 4.69) is 5.16 Å². The van der Waals surface area contributed by atoms with Crippen molar-refractivity contribution in [3.63, 3.8) is 0 Å². The monoisotopic (exact) mass is 401 g/mol. The number of oxime groups is 1. The third kappa shape index (κ3) is 4.50. The first-order valence-electron chi connectivity index (χ1n) is 9.36. The summed E-state index contributed by atoms with van der Waals surface area (Å²) < 4.78 is 17.3. The van der Waals surface area contributed by atoms with Crippen LogP contribution in [0.25, 0.3) is 11.0 Å². The lowest BCUT2D eigenvalue weighted by molar-refractivity contribution is 0.292. The van der Waals surface area contributed by atoms with Crippen molar-refractivity contribution in [3.05, 3.63) is 106 Å². The van der Waals surface area contributed by atoms with E-state index in [1.165, 1.54) is 12.3 Å². The van der Waals surface area contributed by atoms with Crippen molar-refractivity contribution in [1.82, 2.24) is 0 Å². The van der Waals surface area contributed by atoms with Gasteiger partial charge in [-0.25, -0.2) is 4.79 Å². The summed E-state index contributed by atoms with van der Waals surface area (Å²) in [6.07, 6.45) is 1.18. The lowest BCUT2D eigenvalue weighted by Crippen LogP contribution is -2.04. The van der Waals surface area contributed by atoms with Crippen molar-refractivity contribution < 1.29 is 19.1 Å². The fourth-order valence-electron chi connectivity index (χ4n) is 3.11. The molecular formula is C24H19NO5. The fraction of sp³-hybridized carbons (Fsp3) is 0.0833. The first-order valence-corrected chi connectivity index (χ1v) is 9.36. The number of hydrogen-bond acceptors (Lipinski definition) is 6. The van der Waals surface area contributed by atoms with Gasteiger partial charge >= 0.3 is 5.63 Å². The highest BCUT2D eigenvalue weighted by Crippen LogP contribution is 2.33. The Hall–Kier alpha value is -4.06. The normalized spacial score (nSPS) is 11.1. The number of rotatable bonds is 7. The lowest BCUT2D eigenvalue weighted by atomic mass is 10.1. The minimum Gasteiger partial charge on any atom is -0.489 e. The highest BCUT2D eigenvalue weighted by molar-refractivity contribution is 6.01. The number of benzene rings is 3. The van der Waals surface area contributed by atoms with Crippen molar-refractivity contribution >= 4 is 17.2 Å². The van der Waals surface area contributed by atoms with Crippen LogP contribution in [-0.4, -0.2) is 11.4 Å². The van der Waals surface area contributed by atoms with Crippen LogP contribution in [0.15, 0.2) is 93.2 Å². The average molecular weight is 401 g/mol. The van der Waals surface area contributed by atoms with Crippen LogP contribution >= 0.6 is 0 Å². The van der Waals surface area contributed by atoms with E-state index in [0.29, 0.717) is 35.7 Å². The molecule has 1 aromatic heterocycles. The highest BCUT2D eigenvalue weighted by atomic mass is 16.5. The third-order valence-corrected chi connectivity index (χ3v) is 4.49. The topological polar surface area (TPSA) is 81.3 Å². The highest BCUT2D eigenvalue weighted by Gasteiger charge is 2.14. The SMILES string of the molecule is O=c1cc(/C=N\O)c2c(OCc3ccccc3)cc(OCc3ccccc3)cc2o1. The molecule has 4 aromatic rings. The molecular weight excluding hydrogens is 382 g/mol. The van der Waals surface area contributed by atoms with E-state index >= 15 is 0 Å². The maximum Gasteiger partial charge on any atom is 0.336 e. The fourth-order valence-corrected chi connectivity index (χ4v) is 3.11. The van der Waals surface area contributed by atoms with Gasteiger partial charge in [-0.2, -0.15) is 0 Å². The second kappa shape index (κ2) is 8.96. The molecule has 0 fully saturated rings. The molecule has 0 spiro atoms. The van der Waals surface area contributed by atoms with Gasteiger partial charge in [0.2, 0.25) is 0 Å². The Balaban J connectivity index is 1.73. The number of fused-ring (bicyclic) bond motifs is 1. The van der Waals surface area contributed by atoms with E-state index < -0.39 is 5.63 Å². The summed E-state index contributed by atoms with van der Waals surface area (Å²) in [5.41, 5.74) is 2.10. The number of hydrogen-bond donors (Lipinski definition) is 1. The van der Waals surface area contributed by atoms with Crippen molar-refractivity contribution in [1.29, 1.82) is 0 Å². The van der Waals surface area contributed by atoms with Gasteiger partial charge in [-0.15, -0.1) is 0 Å². The van der Waals surface area contributed by atoms with E-state index in [9.17, 15) is 4.79 Å². The Morgan fingerprint density at radius 3 is 2.13 bits per heavy atom. The van der Waals surface area contributed by atoms with Crippen LogP contribution in [0.5, 0.6) is 11.5 Å². The van der Waals surface area contributed by atoms with Crippen LogP contribution in [0.4, 0.5) is 0 Å². The van der Waals surface area contributed by atoms with Gasteiger partial charge in [-0.05, 0) is 11.1 Å². The van der Waals surface area contributed by atoms with Gasteiger partial charge in [-0.3, -0.25) is 0 Å².